The first-order chi connectivity index (χ1) is 16.4. The van der Waals surface area contributed by atoms with Gasteiger partial charge >= 0.3 is 6.03 Å². The van der Waals surface area contributed by atoms with Crippen LogP contribution in [0.5, 0.6) is 0 Å². The Morgan fingerprint density at radius 2 is 1.76 bits per heavy atom. The predicted octanol–water partition coefficient (Wildman–Crippen LogP) is 6.46. The van der Waals surface area contributed by atoms with Gasteiger partial charge in [0.1, 0.15) is 0 Å². The standard InChI is InChI=1S/C26H26ClN5OS/c1-17-9-12-22(19(3)13-17)29-25(33)28-15-24-30-31-26(34-16-20-7-5-4-6-8-20)32(24)23-14-21(27)11-10-18(23)2/h4-14H,15-16H2,1-3H3,(H2,28,29,33). The maximum absolute atomic E-state index is 12.6. The van der Waals surface area contributed by atoms with Crippen LogP contribution >= 0.6 is 23.4 Å². The third-order valence-electron chi connectivity index (χ3n) is 5.36. The minimum absolute atomic E-state index is 0.210. The van der Waals surface area contributed by atoms with Gasteiger partial charge in [0.2, 0.25) is 0 Å². The average molecular weight is 492 g/mol. The van der Waals surface area contributed by atoms with Crippen LogP contribution in [0.3, 0.4) is 0 Å². The molecule has 2 N–H and O–H groups in total. The molecule has 0 saturated carbocycles. The van der Waals surface area contributed by atoms with Crippen LogP contribution in [0.25, 0.3) is 5.69 Å². The number of aromatic nitrogens is 3. The van der Waals surface area contributed by atoms with E-state index in [0.717, 1.165) is 39.0 Å². The third-order valence-corrected chi connectivity index (χ3v) is 6.60. The summed E-state index contributed by atoms with van der Waals surface area (Å²) in [5.41, 5.74) is 6.04. The largest absolute Gasteiger partial charge is 0.331 e. The summed E-state index contributed by atoms with van der Waals surface area (Å²) in [4.78, 5) is 12.6. The Balaban J connectivity index is 1.55. The van der Waals surface area contributed by atoms with Crippen LogP contribution in [0, 0.1) is 20.8 Å². The Morgan fingerprint density at radius 3 is 2.53 bits per heavy atom. The smallest absolute Gasteiger partial charge is 0.319 e. The number of anilines is 1. The molecule has 4 aromatic rings. The maximum atomic E-state index is 12.6. The fraction of sp³-hybridized carbons (Fsp3) is 0.192. The Hall–Kier alpha value is -3.29. The first kappa shape index (κ1) is 23.9. The molecule has 4 rings (SSSR count). The lowest BCUT2D eigenvalue weighted by Crippen LogP contribution is -2.29. The van der Waals surface area contributed by atoms with Gasteiger partial charge in [0.25, 0.3) is 0 Å². The fourth-order valence-electron chi connectivity index (χ4n) is 3.58. The summed E-state index contributed by atoms with van der Waals surface area (Å²) in [6.07, 6.45) is 0. The minimum Gasteiger partial charge on any atom is -0.331 e. The van der Waals surface area contributed by atoms with Gasteiger partial charge in [-0.3, -0.25) is 4.57 Å². The third kappa shape index (κ3) is 5.79. The van der Waals surface area contributed by atoms with E-state index in [1.165, 1.54) is 5.56 Å². The molecular weight excluding hydrogens is 466 g/mol. The topological polar surface area (TPSA) is 71.8 Å². The number of rotatable bonds is 7. The van der Waals surface area contributed by atoms with Gasteiger partial charge in [0, 0.05) is 16.5 Å². The van der Waals surface area contributed by atoms with Crippen LogP contribution in [0.4, 0.5) is 10.5 Å². The molecule has 0 aliphatic rings. The SMILES string of the molecule is Cc1ccc(NC(=O)NCc2nnc(SCc3ccccc3)n2-c2cc(Cl)ccc2C)c(C)c1. The van der Waals surface area contributed by atoms with Gasteiger partial charge in [0.15, 0.2) is 11.0 Å². The summed E-state index contributed by atoms with van der Waals surface area (Å²) in [5, 5.41) is 16.0. The van der Waals surface area contributed by atoms with Crippen molar-refractivity contribution < 1.29 is 4.79 Å². The summed E-state index contributed by atoms with van der Waals surface area (Å²) in [7, 11) is 0. The van der Waals surface area contributed by atoms with E-state index in [9.17, 15) is 4.79 Å². The quantitative estimate of drug-likeness (QED) is 0.291. The molecule has 174 valence electrons. The second-order valence-corrected chi connectivity index (χ2v) is 9.44. The number of thioether (sulfide) groups is 1. The normalized spacial score (nSPS) is 10.8. The number of hydrogen-bond donors (Lipinski definition) is 2. The van der Waals surface area contributed by atoms with E-state index in [4.69, 9.17) is 11.6 Å². The van der Waals surface area contributed by atoms with Gasteiger partial charge in [-0.2, -0.15) is 0 Å². The molecule has 8 heteroatoms. The van der Waals surface area contributed by atoms with E-state index in [1.54, 1.807) is 11.8 Å². The summed E-state index contributed by atoms with van der Waals surface area (Å²) >= 11 is 7.90. The molecule has 3 aromatic carbocycles. The lowest BCUT2D eigenvalue weighted by molar-refractivity contribution is 0.251. The number of hydrogen-bond acceptors (Lipinski definition) is 4. The second kappa shape index (κ2) is 10.8. The van der Waals surface area contributed by atoms with Crippen LogP contribution in [0.2, 0.25) is 5.02 Å². The van der Waals surface area contributed by atoms with E-state index in [-0.39, 0.29) is 12.6 Å². The highest BCUT2D eigenvalue weighted by atomic mass is 35.5. The molecule has 0 bridgehead atoms. The molecule has 34 heavy (non-hydrogen) atoms. The number of halogens is 1. The molecule has 0 radical (unpaired) electrons. The molecule has 1 heterocycles. The summed E-state index contributed by atoms with van der Waals surface area (Å²) in [5.74, 6) is 1.37. The highest BCUT2D eigenvalue weighted by Crippen LogP contribution is 2.28. The monoisotopic (exact) mass is 491 g/mol. The minimum atomic E-state index is -0.303. The molecule has 1 aromatic heterocycles. The number of carbonyl (C=O) groups is 1. The van der Waals surface area contributed by atoms with E-state index < -0.39 is 0 Å². The number of benzene rings is 3. The van der Waals surface area contributed by atoms with Crippen LogP contribution in [0.15, 0.2) is 71.9 Å². The van der Waals surface area contributed by atoms with Crippen molar-refractivity contribution in [3.05, 3.63) is 99.8 Å². The Kier molecular flexibility index (Phi) is 7.55. The highest BCUT2D eigenvalue weighted by molar-refractivity contribution is 7.98. The lowest BCUT2D eigenvalue weighted by atomic mass is 10.1. The molecule has 0 atom stereocenters. The van der Waals surface area contributed by atoms with E-state index in [1.807, 2.05) is 79.9 Å². The molecule has 2 amide bonds. The van der Waals surface area contributed by atoms with Crippen molar-refractivity contribution in [1.82, 2.24) is 20.1 Å². The Labute approximate surface area is 208 Å². The molecule has 0 saturated heterocycles. The number of carbonyl (C=O) groups excluding carboxylic acids is 1. The van der Waals surface area contributed by atoms with Crippen molar-refractivity contribution in [3.8, 4) is 5.69 Å². The first-order valence-electron chi connectivity index (χ1n) is 10.9. The van der Waals surface area contributed by atoms with Gasteiger partial charge in [-0.15, -0.1) is 10.2 Å². The zero-order valence-electron chi connectivity index (χ0n) is 19.3. The second-order valence-electron chi connectivity index (χ2n) is 8.07. The molecule has 0 unspecified atom stereocenters. The Bertz CT molecular complexity index is 1310. The molecule has 0 fully saturated rings. The molecule has 0 aliphatic heterocycles. The first-order valence-corrected chi connectivity index (χ1v) is 12.3. The molecule has 0 aliphatic carbocycles. The molecule has 0 spiro atoms. The van der Waals surface area contributed by atoms with Gasteiger partial charge in [-0.1, -0.05) is 77.5 Å². The van der Waals surface area contributed by atoms with Gasteiger partial charge in [0.05, 0.1) is 12.2 Å². The number of nitrogens with zero attached hydrogens (tertiary/aromatic N) is 3. The van der Waals surface area contributed by atoms with Crippen LogP contribution in [-0.2, 0) is 12.3 Å². The van der Waals surface area contributed by atoms with Crippen molar-refractivity contribution in [1.29, 1.82) is 0 Å². The number of amides is 2. The van der Waals surface area contributed by atoms with Gasteiger partial charge < -0.3 is 10.6 Å². The number of nitrogens with one attached hydrogen (secondary N) is 2. The van der Waals surface area contributed by atoms with Crippen molar-refractivity contribution in [2.75, 3.05) is 5.32 Å². The van der Waals surface area contributed by atoms with Crippen molar-refractivity contribution in [2.24, 2.45) is 0 Å². The van der Waals surface area contributed by atoms with Crippen molar-refractivity contribution in [2.45, 2.75) is 38.2 Å². The van der Waals surface area contributed by atoms with Crippen LogP contribution in [0.1, 0.15) is 28.1 Å². The zero-order valence-corrected chi connectivity index (χ0v) is 20.9. The van der Waals surface area contributed by atoms with Crippen molar-refractivity contribution in [3.63, 3.8) is 0 Å². The van der Waals surface area contributed by atoms with E-state index >= 15 is 0 Å². The van der Waals surface area contributed by atoms with Gasteiger partial charge in [-0.25, -0.2) is 4.79 Å². The zero-order chi connectivity index (χ0) is 24.1. The highest BCUT2D eigenvalue weighted by Gasteiger charge is 2.17. The van der Waals surface area contributed by atoms with E-state index in [0.29, 0.717) is 10.8 Å². The van der Waals surface area contributed by atoms with Crippen molar-refractivity contribution >= 4 is 35.1 Å². The van der Waals surface area contributed by atoms with Crippen LogP contribution in [-0.4, -0.2) is 20.8 Å². The summed E-state index contributed by atoms with van der Waals surface area (Å²) in [6.45, 7) is 6.22. The number of aryl methyl sites for hydroxylation is 3. The molecule has 6 nitrogen and oxygen atoms in total. The summed E-state index contributed by atoms with van der Waals surface area (Å²) in [6, 6.07) is 21.5. The number of urea groups is 1. The molecular formula is C26H26ClN5OS. The van der Waals surface area contributed by atoms with Crippen LogP contribution < -0.4 is 10.6 Å². The maximum Gasteiger partial charge on any atom is 0.319 e. The average Bonchev–Trinajstić information content (AvgIpc) is 3.23. The predicted molar refractivity (Wildman–Crippen MR) is 139 cm³/mol. The fourth-order valence-corrected chi connectivity index (χ4v) is 4.66. The Morgan fingerprint density at radius 1 is 0.971 bits per heavy atom. The lowest BCUT2D eigenvalue weighted by Gasteiger charge is -2.14. The van der Waals surface area contributed by atoms with E-state index in [2.05, 4.69) is 33.0 Å². The van der Waals surface area contributed by atoms with Gasteiger partial charge in [-0.05, 0) is 55.7 Å². The summed E-state index contributed by atoms with van der Waals surface area (Å²) < 4.78 is 1.96.